The van der Waals surface area contributed by atoms with Crippen molar-refractivity contribution >= 4 is 0 Å². The van der Waals surface area contributed by atoms with Crippen LogP contribution in [0.1, 0.15) is 31.4 Å². The molecule has 0 saturated carbocycles. The monoisotopic (exact) mass is 232 g/mol. The van der Waals surface area contributed by atoms with E-state index in [1.807, 2.05) is 6.07 Å². The third-order valence-electron chi connectivity index (χ3n) is 4.26. The van der Waals surface area contributed by atoms with Gasteiger partial charge in [-0.1, -0.05) is 0 Å². The Balaban J connectivity index is 1.69. The van der Waals surface area contributed by atoms with Crippen molar-refractivity contribution in [1.29, 1.82) is 0 Å². The van der Waals surface area contributed by atoms with Crippen LogP contribution < -0.4 is 5.32 Å². The third kappa shape index (κ3) is 2.19. The van der Waals surface area contributed by atoms with Gasteiger partial charge in [-0.2, -0.15) is 10.2 Å². The molecule has 4 nitrogen and oxygen atoms in total. The van der Waals surface area contributed by atoms with Gasteiger partial charge >= 0.3 is 0 Å². The molecule has 1 aromatic heterocycles. The number of rotatable bonds is 3. The lowest BCUT2D eigenvalue weighted by Crippen LogP contribution is -2.47. The number of nitrogens with one attached hydrogen (secondary N) is 1. The third-order valence-corrected chi connectivity index (χ3v) is 4.26. The van der Waals surface area contributed by atoms with Crippen LogP contribution in [0.4, 0.5) is 0 Å². The second kappa shape index (κ2) is 4.70. The van der Waals surface area contributed by atoms with Crippen LogP contribution in [0.5, 0.6) is 0 Å². The minimum atomic E-state index is 0.714. The molecule has 4 heteroatoms. The number of piperidine rings is 1. The highest BCUT2D eigenvalue weighted by atomic mass is 15.2. The average molecular weight is 232 g/mol. The number of hydrogen-bond donors (Lipinski definition) is 1. The zero-order chi connectivity index (χ0) is 11.7. The number of nitrogens with zero attached hydrogens (tertiary/aromatic N) is 3. The smallest absolute Gasteiger partial charge is 0.0771 e. The molecule has 3 rings (SSSR count). The summed E-state index contributed by atoms with van der Waals surface area (Å²) in [6.45, 7) is 0.972. The van der Waals surface area contributed by atoms with Crippen LogP contribution in [-0.2, 0) is 6.54 Å². The average Bonchev–Trinajstić information content (AvgIpc) is 2.63. The fraction of sp³-hybridized carbons (Fsp3) is 0.692. The van der Waals surface area contributed by atoms with Gasteiger partial charge in [0.05, 0.1) is 5.69 Å². The molecule has 2 atom stereocenters. The van der Waals surface area contributed by atoms with Crippen LogP contribution >= 0.6 is 0 Å². The number of fused-ring (bicyclic) bond motifs is 2. The minimum Gasteiger partial charge on any atom is -0.317 e. The van der Waals surface area contributed by atoms with Gasteiger partial charge < -0.3 is 5.32 Å². The van der Waals surface area contributed by atoms with E-state index in [2.05, 4.69) is 33.5 Å². The van der Waals surface area contributed by atoms with Gasteiger partial charge in [0.1, 0.15) is 0 Å². The van der Waals surface area contributed by atoms with E-state index in [9.17, 15) is 0 Å². The van der Waals surface area contributed by atoms with Crippen LogP contribution in [0.3, 0.4) is 0 Å². The van der Waals surface area contributed by atoms with Crippen molar-refractivity contribution in [2.75, 3.05) is 7.05 Å². The highest BCUT2D eigenvalue weighted by molar-refractivity contribution is 5.04. The molecule has 2 aliphatic heterocycles. The Morgan fingerprint density at radius 2 is 2.12 bits per heavy atom. The maximum absolute atomic E-state index is 4.20. The van der Waals surface area contributed by atoms with Crippen molar-refractivity contribution in [2.24, 2.45) is 0 Å². The van der Waals surface area contributed by atoms with E-state index in [1.165, 1.54) is 25.7 Å². The number of hydrogen-bond acceptors (Lipinski definition) is 4. The summed E-state index contributed by atoms with van der Waals surface area (Å²) in [5.41, 5.74) is 1.10. The van der Waals surface area contributed by atoms with Gasteiger partial charge in [0.25, 0.3) is 0 Å². The fourth-order valence-electron chi connectivity index (χ4n) is 3.37. The van der Waals surface area contributed by atoms with Crippen molar-refractivity contribution in [2.45, 2.75) is 50.4 Å². The molecule has 2 bridgehead atoms. The Bertz CT molecular complexity index is 353. The van der Waals surface area contributed by atoms with Gasteiger partial charge in [0.2, 0.25) is 0 Å². The fourth-order valence-corrected chi connectivity index (χ4v) is 3.37. The molecule has 2 unspecified atom stereocenters. The van der Waals surface area contributed by atoms with Gasteiger partial charge in [0.15, 0.2) is 0 Å². The Morgan fingerprint density at radius 1 is 1.35 bits per heavy atom. The van der Waals surface area contributed by atoms with E-state index in [-0.39, 0.29) is 0 Å². The van der Waals surface area contributed by atoms with Gasteiger partial charge in [0, 0.05) is 30.9 Å². The maximum Gasteiger partial charge on any atom is 0.0771 e. The molecule has 2 saturated heterocycles. The Morgan fingerprint density at radius 3 is 2.71 bits per heavy atom. The molecule has 0 aliphatic carbocycles. The molecule has 0 aromatic carbocycles. The quantitative estimate of drug-likeness (QED) is 0.850. The number of aromatic nitrogens is 2. The first-order valence-corrected chi connectivity index (χ1v) is 6.56. The largest absolute Gasteiger partial charge is 0.317 e. The molecule has 17 heavy (non-hydrogen) atoms. The maximum atomic E-state index is 4.20. The Hall–Kier alpha value is -1.00. The topological polar surface area (TPSA) is 41.0 Å². The van der Waals surface area contributed by atoms with E-state index < -0.39 is 0 Å². The summed E-state index contributed by atoms with van der Waals surface area (Å²) < 4.78 is 0. The summed E-state index contributed by atoms with van der Waals surface area (Å²) in [6, 6.07) is 6.26. The van der Waals surface area contributed by atoms with Gasteiger partial charge in [-0.3, -0.25) is 4.90 Å². The zero-order valence-electron chi connectivity index (χ0n) is 10.3. The van der Waals surface area contributed by atoms with E-state index in [4.69, 9.17) is 0 Å². The van der Waals surface area contributed by atoms with Crippen molar-refractivity contribution < 1.29 is 0 Å². The second-order valence-corrected chi connectivity index (χ2v) is 5.23. The SMILES string of the molecule is CNC1CC2CCC(C1)N2Cc1cccnn1. The molecule has 2 fully saturated rings. The predicted molar refractivity (Wildman–Crippen MR) is 66.5 cm³/mol. The van der Waals surface area contributed by atoms with E-state index >= 15 is 0 Å². The Kier molecular flexibility index (Phi) is 3.07. The van der Waals surface area contributed by atoms with Crippen LogP contribution in [0.15, 0.2) is 18.3 Å². The lowest BCUT2D eigenvalue weighted by Gasteiger charge is -2.38. The van der Waals surface area contributed by atoms with Crippen molar-refractivity contribution in [3.63, 3.8) is 0 Å². The van der Waals surface area contributed by atoms with Gasteiger partial charge in [-0.15, -0.1) is 0 Å². The summed E-state index contributed by atoms with van der Waals surface area (Å²) in [7, 11) is 2.09. The molecule has 0 radical (unpaired) electrons. The van der Waals surface area contributed by atoms with E-state index in [0.29, 0.717) is 6.04 Å². The van der Waals surface area contributed by atoms with Crippen LogP contribution in [0.25, 0.3) is 0 Å². The highest BCUT2D eigenvalue weighted by Gasteiger charge is 2.40. The molecular formula is C13H20N4. The Labute approximate surface area is 102 Å². The molecule has 2 aliphatic rings. The molecule has 1 N–H and O–H groups in total. The predicted octanol–water partition coefficient (Wildman–Crippen LogP) is 1.19. The minimum absolute atomic E-state index is 0.714. The van der Waals surface area contributed by atoms with Gasteiger partial charge in [-0.25, -0.2) is 0 Å². The first-order chi connectivity index (χ1) is 8.36. The molecule has 92 valence electrons. The van der Waals surface area contributed by atoms with Gasteiger partial charge in [-0.05, 0) is 44.9 Å². The molecule has 3 heterocycles. The van der Waals surface area contributed by atoms with Crippen molar-refractivity contribution in [3.05, 3.63) is 24.0 Å². The summed E-state index contributed by atoms with van der Waals surface area (Å²) in [4.78, 5) is 2.64. The van der Waals surface area contributed by atoms with Crippen molar-refractivity contribution in [3.8, 4) is 0 Å². The first kappa shape index (κ1) is 11.1. The molecular weight excluding hydrogens is 212 g/mol. The van der Waals surface area contributed by atoms with Crippen LogP contribution in [0.2, 0.25) is 0 Å². The first-order valence-electron chi connectivity index (χ1n) is 6.56. The van der Waals surface area contributed by atoms with E-state index in [1.54, 1.807) is 6.20 Å². The summed E-state index contributed by atoms with van der Waals surface area (Å²) >= 11 is 0. The van der Waals surface area contributed by atoms with E-state index in [0.717, 1.165) is 24.3 Å². The summed E-state index contributed by atoms with van der Waals surface area (Å²) in [6.07, 6.45) is 7.01. The lowest BCUT2D eigenvalue weighted by atomic mass is 9.97. The second-order valence-electron chi connectivity index (χ2n) is 5.23. The molecule has 1 aromatic rings. The van der Waals surface area contributed by atoms with Crippen molar-refractivity contribution in [1.82, 2.24) is 20.4 Å². The zero-order valence-corrected chi connectivity index (χ0v) is 10.3. The molecule has 0 amide bonds. The summed E-state index contributed by atoms with van der Waals surface area (Å²) in [5.74, 6) is 0. The summed E-state index contributed by atoms with van der Waals surface area (Å²) in [5, 5.41) is 11.6. The van der Waals surface area contributed by atoms with Crippen LogP contribution in [0, 0.1) is 0 Å². The van der Waals surface area contributed by atoms with Crippen LogP contribution in [-0.4, -0.2) is 40.3 Å². The lowest BCUT2D eigenvalue weighted by molar-refractivity contribution is 0.110. The highest BCUT2D eigenvalue weighted by Crippen LogP contribution is 2.36. The molecule has 0 spiro atoms. The standard InChI is InChI=1S/C13H20N4/c1-14-11-7-12-4-5-13(8-11)17(12)9-10-3-2-6-15-16-10/h2-3,6,11-14H,4-5,7-9H2,1H3. The normalized spacial score (nSPS) is 32.9.